The zero-order valence-corrected chi connectivity index (χ0v) is 10.8. The monoisotopic (exact) mass is 263 g/mol. The fourth-order valence-corrected chi connectivity index (χ4v) is 3.42. The second-order valence-electron chi connectivity index (χ2n) is 5.61. The van der Waals surface area contributed by atoms with E-state index in [0.29, 0.717) is 19.3 Å². The number of aliphatic hydroxyl groups excluding tert-OH is 1. The number of piperidine rings is 1. The van der Waals surface area contributed by atoms with Crippen LogP contribution in [0.2, 0.25) is 0 Å². The van der Waals surface area contributed by atoms with Crippen LogP contribution in [-0.2, 0) is 11.2 Å². The molecule has 0 saturated carbocycles. The molecule has 4 heteroatoms. The van der Waals surface area contributed by atoms with Gasteiger partial charge >= 0.3 is 0 Å². The van der Waals surface area contributed by atoms with E-state index in [-0.39, 0.29) is 29.9 Å². The smallest absolute Gasteiger partial charge is 0.227 e. The molecule has 1 aromatic rings. The standard InChI is InChI=1S/C15H18FNO2/c16-11-3-1-10(2-4-11)7-15(19)17-12-5-6-13(17)9-14(18)8-12/h1-4,12-14,18H,5-9H2. The minimum Gasteiger partial charge on any atom is -0.393 e. The SMILES string of the molecule is O=C(Cc1ccc(F)cc1)N1C2CCC1CC(O)C2. The maximum Gasteiger partial charge on any atom is 0.227 e. The second-order valence-corrected chi connectivity index (χ2v) is 5.61. The van der Waals surface area contributed by atoms with Gasteiger partial charge in [-0.05, 0) is 43.4 Å². The number of hydrogen-bond donors (Lipinski definition) is 1. The minimum absolute atomic E-state index is 0.103. The van der Waals surface area contributed by atoms with Crippen LogP contribution < -0.4 is 0 Å². The van der Waals surface area contributed by atoms with Gasteiger partial charge < -0.3 is 10.0 Å². The molecule has 2 bridgehead atoms. The maximum atomic E-state index is 12.8. The third-order valence-electron chi connectivity index (χ3n) is 4.26. The van der Waals surface area contributed by atoms with E-state index in [1.54, 1.807) is 12.1 Å². The Balaban J connectivity index is 1.69. The zero-order valence-electron chi connectivity index (χ0n) is 10.8. The van der Waals surface area contributed by atoms with Crippen molar-refractivity contribution in [2.24, 2.45) is 0 Å². The van der Waals surface area contributed by atoms with E-state index in [2.05, 4.69) is 0 Å². The Bertz CT molecular complexity index is 460. The third-order valence-corrected chi connectivity index (χ3v) is 4.26. The lowest BCUT2D eigenvalue weighted by Gasteiger charge is -2.37. The summed E-state index contributed by atoms with van der Waals surface area (Å²) in [6.07, 6.45) is 3.46. The molecule has 3 nitrogen and oxygen atoms in total. The highest BCUT2D eigenvalue weighted by molar-refractivity contribution is 5.80. The minimum atomic E-state index is -0.280. The van der Waals surface area contributed by atoms with E-state index in [0.717, 1.165) is 18.4 Å². The van der Waals surface area contributed by atoms with E-state index in [1.165, 1.54) is 12.1 Å². The summed E-state index contributed by atoms with van der Waals surface area (Å²) < 4.78 is 12.8. The maximum absolute atomic E-state index is 12.8. The van der Waals surface area contributed by atoms with Crippen LogP contribution in [0.5, 0.6) is 0 Å². The molecule has 2 aliphatic heterocycles. The Morgan fingerprint density at radius 1 is 1.21 bits per heavy atom. The van der Waals surface area contributed by atoms with E-state index in [4.69, 9.17) is 0 Å². The van der Waals surface area contributed by atoms with Crippen LogP contribution in [-0.4, -0.2) is 34.1 Å². The van der Waals surface area contributed by atoms with Crippen molar-refractivity contribution in [3.8, 4) is 0 Å². The van der Waals surface area contributed by atoms with Crippen LogP contribution >= 0.6 is 0 Å². The van der Waals surface area contributed by atoms with Crippen LogP contribution in [0.25, 0.3) is 0 Å². The van der Waals surface area contributed by atoms with Crippen molar-refractivity contribution in [3.63, 3.8) is 0 Å². The molecule has 2 heterocycles. The lowest BCUT2D eigenvalue weighted by atomic mass is 9.99. The van der Waals surface area contributed by atoms with Gasteiger partial charge in [-0.3, -0.25) is 4.79 Å². The number of amides is 1. The van der Waals surface area contributed by atoms with Crippen molar-refractivity contribution < 1.29 is 14.3 Å². The zero-order chi connectivity index (χ0) is 13.4. The number of benzene rings is 1. The highest BCUT2D eigenvalue weighted by Gasteiger charge is 2.42. The molecule has 2 unspecified atom stereocenters. The summed E-state index contributed by atoms with van der Waals surface area (Å²) in [6, 6.07) is 6.49. The molecule has 1 N–H and O–H groups in total. The predicted octanol–water partition coefficient (Wildman–Crippen LogP) is 1.88. The number of nitrogens with zero attached hydrogens (tertiary/aromatic N) is 1. The first-order valence-electron chi connectivity index (χ1n) is 6.87. The van der Waals surface area contributed by atoms with Crippen LogP contribution in [0.15, 0.2) is 24.3 Å². The molecule has 19 heavy (non-hydrogen) atoms. The molecule has 2 atom stereocenters. The van der Waals surface area contributed by atoms with Crippen molar-refractivity contribution in [1.82, 2.24) is 4.90 Å². The Kier molecular flexibility index (Phi) is 3.27. The van der Waals surface area contributed by atoms with Crippen molar-refractivity contribution in [2.45, 2.75) is 50.3 Å². The Labute approximate surface area is 112 Å². The van der Waals surface area contributed by atoms with Gasteiger partial charge in [0.05, 0.1) is 12.5 Å². The van der Waals surface area contributed by atoms with E-state index in [9.17, 15) is 14.3 Å². The van der Waals surface area contributed by atoms with Crippen LogP contribution in [0.1, 0.15) is 31.2 Å². The van der Waals surface area contributed by atoms with Crippen molar-refractivity contribution >= 4 is 5.91 Å². The average Bonchev–Trinajstić information content (AvgIpc) is 2.65. The van der Waals surface area contributed by atoms with Gasteiger partial charge in [-0.25, -0.2) is 4.39 Å². The molecule has 1 amide bonds. The van der Waals surface area contributed by atoms with Crippen molar-refractivity contribution in [1.29, 1.82) is 0 Å². The molecule has 2 fully saturated rings. The van der Waals surface area contributed by atoms with Gasteiger partial charge in [0.25, 0.3) is 0 Å². The number of rotatable bonds is 2. The summed E-state index contributed by atoms with van der Waals surface area (Å²) in [4.78, 5) is 14.3. The summed E-state index contributed by atoms with van der Waals surface area (Å²) in [5.41, 5.74) is 0.844. The van der Waals surface area contributed by atoms with Crippen molar-refractivity contribution in [3.05, 3.63) is 35.6 Å². The van der Waals surface area contributed by atoms with E-state index < -0.39 is 0 Å². The van der Waals surface area contributed by atoms with Gasteiger partial charge in [0.1, 0.15) is 5.82 Å². The Morgan fingerprint density at radius 2 is 1.79 bits per heavy atom. The summed E-state index contributed by atoms with van der Waals surface area (Å²) in [5, 5.41) is 9.73. The van der Waals surface area contributed by atoms with E-state index in [1.807, 2.05) is 4.90 Å². The molecule has 0 spiro atoms. The molecule has 2 aliphatic rings. The fraction of sp³-hybridized carbons (Fsp3) is 0.533. The highest BCUT2D eigenvalue weighted by Crippen LogP contribution is 2.36. The van der Waals surface area contributed by atoms with Crippen LogP contribution in [0.4, 0.5) is 4.39 Å². The summed E-state index contributed by atoms with van der Waals surface area (Å²) in [6.45, 7) is 0. The molecule has 2 saturated heterocycles. The average molecular weight is 263 g/mol. The Morgan fingerprint density at radius 3 is 2.37 bits per heavy atom. The Hall–Kier alpha value is -1.42. The quantitative estimate of drug-likeness (QED) is 0.885. The number of carbonyl (C=O) groups excluding carboxylic acids is 1. The fourth-order valence-electron chi connectivity index (χ4n) is 3.42. The molecule has 1 aromatic carbocycles. The third kappa shape index (κ3) is 2.50. The van der Waals surface area contributed by atoms with E-state index >= 15 is 0 Å². The molecular weight excluding hydrogens is 245 g/mol. The van der Waals surface area contributed by atoms with Crippen LogP contribution in [0.3, 0.4) is 0 Å². The number of carbonyl (C=O) groups is 1. The lowest BCUT2D eigenvalue weighted by molar-refractivity contribution is -0.136. The molecule has 0 radical (unpaired) electrons. The lowest BCUT2D eigenvalue weighted by Crippen LogP contribution is -2.48. The molecule has 0 aromatic heterocycles. The topological polar surface area (TPSA) is 40.5 Å². The first kappa shape index (κ1) is 12.6. The van der Waals surface area contributed by atoms with Gasteiger partial charge in [0.15, 0.2) is 0 Å². The van der Waals surface area contributed by atoms with Gasteiger partial charge in [-0.15, -0.1) is 0 Å². The molecule has 3 rings (SSSR count). The van der Waals surface area contributed by atoms with Gasteiger partial charge in [-0.2, -0.15) is 0 Å². The number of fused-ring (bicyclic) bond motifs is 2. The summed E-state index contributed by atoms with van der Waals surface area (Å²) in [7, 11) is 0. The predicted molar refractivity (Wildman–Crippen MR) is 69.0 cm³/mol. The second kappa shape index (κ2) is 4.93. The number of hydrogen-bond acceptors (Lipinski definition) is 2. The molecule has 0 aliphatic carbocycles. The molecule has 102 valence electrons. The van der Waals surface area contributed by atoms with Crippen molar-refractivity contribution in [2.75, 3.05) is 0 Å². The first-order chi connectivity index (χ1) is 9.13. The van der Waals surface area contributed by atoms with Gasteiger partial charge in [0.2, 0.25) is 5.91 Å². The largest absolute Gasteiger partial charge is 0.393 e. The number of aliphatic hydroxyl groups is 1. The van der Waals surface area contributed by atoms with Gasteiger partial charge in [0, 0.05) is 12.1 Å². The first-order valence-corrected chi connectivity index (χ1v) is 6.87. The highest BCUT2D eigenvalue weighted by atomic mass is 19.1. The normalized spacial score (nSPS) is 29.6. The summed E-state index contributed by atoms with van der Waals surface area (Å²) in [5.74, 6) is -0.177. The molecular formula is C15H18FNO2. The number of halogens is 1. The summed E-state index contributed by atoms with van der Waals surface area (Å²) >= 11 is 0. The van der Waals surface area contributed by atoms with Gasteiger partial charge in [-0.1, -0.05) is 12.1 Å². The van der Waals surface area contributed by atoms with Crippen LogP contribution in [0, 0.1) is 5.82 Å².